The summed E-state index contributed by atoms with van der Waals surface area (Å²) in [7, 11) is 1.64. The van der Waals surface area contributed by atoms with Crippen LogP contribution < -0.4 is 10.1 Å². The summed E-state index contributed by atoms with van der Waals surface area (Å²) in [6, 6.07) is 15.3. The molecule has 0 radical (unpaired) electrons. The van der Waals surface area contributed by atoms with Crippen LogP contribution in [0, 0.1) is 5.82 Å². The lowest BCUT2D eigenvalue weighted by Gasteiger charge is -2.38. The van der Waals surface area contributed by atoms with E-state index in [-0.39, 0.29) is 22.8 Å². The van der Waals surface area contributed by atoms with E-state index in [9.17, 15) is 9.18 Å². The highest BCUT2D eigenvalue weighted by Gasteiger charge is 2.35. The van der Waals surface area contributed by atoms with Crippen molar-refractivity contribution in [3.63, 3.8) is 0 Å². The largest absolute Gasteiger partial charge is 0.497 e. The molecule has 1 saturated heterocycles. The van der Waals surface area contributed by atoms with E-state index >= 15 is 0 Å². The van der Waals surface area contributed by atoms with Crippen LogP contribution in [-0.2, 0) is 10.2 Å². The number of ether oxygens (including phenoxy) is 2. The molecule has 156 valence electrons. The third-order valence-electron chi connectivity index (χ3n) is 5.61. The Hall–Kier alpha value is -3.19. The number of nitrogens with zero attached hydrogens (tertiary/aromatic N) is 1. The quantitative estimate of drug-likeness (QED) is 0.666. The maximum absolute atomic E-state index is 13.1. The maximum atomic E-state index is 13.1. The first-order valence-corrected chi connectivity index (χ1v) is 9.83. The van der Waals surface area contributed by atoms with Crippen molar-refractivity contribution in [2.75, 3.05) is 26.9 Å². The molecule has 6 nitrogen and oxygen atoms in total. The fraction of sp³-hybridized carbons (Fsp3) is 0.304. The lowest BCUT2D eigenvalue weighted by molar-refractivity contribution is 0.0486. The Labute approximate surface area is 174 Å². The molecule has 2 heterocycles. The lowest BCUT2D eigenvalue weighted by Crippen LogP contribution is -2.44. The third-order valence-corrected chi connectivity index (χ3v) is 5.61. The second-order valence-corrected chi connectivity index (χ2v) is 7.39. The number of rotatable bonds is 6. The first kappa shape index (κ1) is 20.1. The van der Waals surface area contributed by atoms with Crippen LogP contribution in [0.4, 0.5) is 4.39 Å². The molecule has 0 unspecified atom stereocenters. The van der Waals surface area contributed by atoms with Crippen molar-refractivity contribution in [1.82, 2.24) is 10.5 Å². The first-order valence-electron chi connectivity index (χ1n) is 9.83. The van der Waals surface area contributed by atoms with Crippen LogP contribution in [-0.4, -0.2) is 37.9 Å². The number of carbonyl (C=O) groups excluding carboxylic acids is 1. The van der Waals surface area contributed by atoms with E-state index < -0.39 is 0 Å². The summed E-state index contributed by atoms with van der Waals surface area (Å²) in [6.07, 6.45) is 1.61. The number of hydrogen-bond acceptors (Lipinski definition) is 5. The molecule has 1 N–H and O–H groups in total. The summed E-state index contributed by atoms with van der Waals surface area (Å²) >= 11 is 0. The number of benzene rings is 2. The van der Waals surface area contributed by atoms with Crippen molar-refractivity contribution < 1.29 is 23.2 Å². The molecule has 1 aromatic heterocycles. The van der Waals surface area contributed by atoms with Gasteiger partial charge in [-0.1, -0.05) is 17.3 Å². The van der Waals surface area contributed by atoms with Crippen molar-refractivity contribution in [2.45, 2.75) is 18.3 Å². The van der Waals surface area contributed by atoms with Crippen LogP contribution in [0.1, 0.15) is 28.9 Å². The Morgan fingerprint density at radius 3 is 2.50 bits per heavy atom. The van der Waals surface area contributed by atoms with E-state index in [0.29, 0.717) is 31.1 Å². The highest BCUT2D eigenvalue weighted by molar-refractivity contribution is 5.93. The maximum Gasteiger partial charge on any atom is 0.273 e. The zero-order valence-electron chi connectivity index (χ0n) is 16.7. The van der Waals surface area contributed by atoms with Crippen LogP contribution >= 0.6 is 0 Å². The smallest absolute Gasteiger partial charge is 0.273 e. The summed E-state index contributed by atoms with van der Waals surface area (Å²) in [6.45, 7) is 1.74. The summed E-state index contributed by atoms with van der Waals surface area (Å²) in [5.41, 5.74) is 1.76. The molecule has 0 saturated carbocycles. The average molecular weight is 410 g/mol. The molecule has 3 aromatic rings. The van der Waals surface area contributed by atoms with Gasteiger partial charge in [0.15, 0.2) is 11.5 Å². The van der Waals surface area contributed by atoms with Crippen LogP contribution in [0.5, 0.6) is 5.75 Å². The standard InChI is InChI=1S/C23H23FN2O4/c1-28-19-8-4-17(5-9-19)23(10-12-29-13-11-23)15-25-22(27)20-14-21(30-26-20)16-2-6-18(24)7-3-16/h2-9,14H,10-13,15H2,1H3,(H,25,27). The van der Waals surface area contributed by atoms with Gasteiger partial charge >= 0.3 is 0 Å². The molecule has 1 aliphatic rings. The highest BCUT2D eigenvalue weighted by atomic mass is 19.1. The Balaban J connectivity index is 1.48. The van der Waals surface area contributed by atoms with Gasteiger partial charge < -0.3 is 19.3 Å². The first-order chi connectivity index (χ1) is 14.6. The molecule has 2 aromatic carbocycles. The second kappa shape index (κ2) is 8.67. The average Bonchev–Trinajstić information content (AvgIpc) is 3.29. The lowest BCUT2D eigenvalue weighted by atomic mass is 9.74. The number of halogens is 1. The predicted molar refractivity (Wildman–Crippen MR) is 109 cm³/mol. The molecular formula is C23H23FN2O4. The number of carbonyl (C=O) groups is 1. The van der Waals surface area contributed by atoms with E-state index in [1.54, 1.807) is 25.3 Å². The Kier molecular flexibility index (Phi) is 5.81. The minimum atomic E-state index is -0.337. The highest BCUT2D eigenvalue weighted by Crippen LogP contribution is 2.35. The monoisotopic (exact) mass is 410 g/mol. The molecule has 1 fully saturated rings. The Morgan fingerprint density at radius 1 is 1.13 bits per heavy atom. The van der Waals surface area contributed by atoms with Gasteiger partial charge in [-0.3, -0.25) is 4.79 Å². The molecule has 7 heteroatoms. The minimum absolute atomic E-state index is 0.186. The van der Waals surface area contributed by atoms with Gasteiger partial charge in [-0.05, 0) is 54.8 Å². The number of nitrogens with one attached hydrogen (secondary N) is 1. The van der Waals surface area contributed by atoms with Crippen molar-refractivity contribution >= 4 is 5.91 Å². The van der Waals surface area contributed by atoms with Gasteiger partial charge in [-0.15, -0.1) is 0 Å². The summed E-state index contributed by atoms with van der Waals surface area (Å²) in [4.78, 5) is 12.7. The van der Waals surface area contributed by atoms with Gasteiger partial charge in [0.05, 0.1) is 7.11 Å². The van der Waals surface area contributed by atoms with Gasteiger partial charge in [-0.25, -0.2) is 4.39 Å². The van der Waals surface area contributed by atoms with Crippen molar-refractivity contribution in [1.29, 1.82) is 0 Å². The zero-order chi connectivity index (χ0) is 21.0. The van der Waals surface area contributed by atoms with Gasteiger partial charge in [0.1, 0.15) is 11.6 Å². The third kappa shape index (κ3) is 4.21. The number of hydrogen-bond donors (Lipinski definition) is 1. The van der Waals surface area contributed by atoms with Crippen molar-refractivity contribution in [2.24, 2.45) is 0 Å². The molecule has 1 aliphatic heterocycles. The Bertz CT molecular complexity index is 993. The van der Waals surface area contributed by atoms with Crippen molar-refractivity contribution in [3.05, 3.63) is 71.7 Å². The van der Waals surface area contributed by atoms with E-state index in [0.717, 1.165) is 24.2 Å². The normalized spacial score (nSPS) is 15.5. The van der Waals surface area contributed by atoms with Gasteiger partial charge in [0.25, 0.3) is 5.91 Å². The predicted octanol–water partition coefficient (Wildman–Crippen LogP) is 3.97. The molecule has 30 heavy (non-hydrogen) atoms. The molecule has 0 spiro atoms. The second-order valence-electron chi connectivity index (χ2n) is 7.39. The molecule has 1 amide bonds. The summed E-state index contributed by atoms with van der Waals surface area (Å²) < 4.78 is 29.2. The van der Waals surface area contributed by atoms with E-state index in [4.69, 9.17) is 14.0 Å². The van der Waals surface area contributed by atoms with Crippen molar-refractivity contribution in [3.8, 4) is 17.1 Å². The summed E-state index contributed by atoms with van der Waals surface area (Å²) in [5.74, 6) is 0.556. The zero-order valence-corrected chi connectivity index (χ0v) is 16.7. The van der Waals surface area contributed by atoms with Gasteiger partial charge in [0.2, 0.25) is 0 Å². The molecule has 0 atom stereocenters. The molecule has 0 aliphatic carbocycles. The Morgan fingerprint density at radius 2 is 1.83 bits per heavy atom. The topological polar surface area (TPSA) is 73.6 Å². The van der Waals surface area contributed by atoms with Crippen LogP contribution in [0.25, 0.3) is 11.3 Å². The number of aromatic nitrogens is 1. The minimum Gasteiger partial charge on any atom is -0.497 e. The van der Waals surface area contributed by atoms with E-state index in [1.165, 1.54) is 12.1 Å². The number of amides is 1. The molecule has 4 rings (SSSR count). The van der Waals surface area contributed by atoms with Gasteiger partial charge in [-0.2, -0.15) is 0 Å². The fourth-order valence-corrected chi connectivity index (χ4v) is 3.75. The van der Waals surface area contributed by atoms with Gasteiger partial charge in [0, 0.05) is 36.8 Å². The fourth-order valence-electron chi connectivity index (χ4n) is 3.75. The SMILES string of the molecule is COc1ccc(C2(CNC(=O)c3cc(-c4ccc(F)cc4)on3)CCOCC2)cc1. The number of methoxy groups -OCH3 is 1. The molecular weight excluding hydrogens is 387 g/mol. The van der Waals surface area contributed by atoms with Crippen LogP contribution in [0.15, 0.2) is 59.1 Å². The van der Waals surface area contributed by atoms with E-state index in [2.05, 4.69) is 10.5 Å². The van der Waals surface area contributed by atoms with Crippen LogP contribution in [0.3, 0.4) is 0 Å². The van der Waals surface area contributed by atoms with E-state index in [1.807, 2.05) is 24.3 Å². The summed E-state index contributed by atoms with van der Waals surface area (Å²) in [5, 5.41) is 6.88. The molecule has 0 bridgehead atoms. The van der Waals surface area contributed by atoms with Crippen LogP contribution in [0.2, 0.25) is 0 Å².